The van der Waals surface area contributed by atoms with Crippen LogP contribution in [-0.4, -0.2) is 38.3 Å². The second kappa shape index (κ2) is 5.88. The molecule has 6 nitrogen and oxygen atoms in total. The van der Waals surface area contributed by atoms with Gasteiger partial charge in [-0.15, -0.1) is 5.10 Å². The summed E-state index contributed by atoms with van der Waals surface area (Å²) in [4.78, 5) is 0.203. The van der Waals surface area contributed by atoms with Gasteiger partial charge in [-0.2, -0.15) is 5.10 Å². The van der Waals surface area contributed by atoms with Gasteiger partial charge in [0.1, 0.15) is 0 Å². The molecule has 2 heterocycles. The van der Waals surface area contributed by atoms with Gasteiger partial charge in [-0.25, -0.2) is 8.42 Å². The lowest BCUT2D eigenvalue weighted by Crippen LogP contribution is -2.33. The number of nitrogens with zero attached hydrogens (tertiary/aromatic N) is 2. The number of sulfone groups is 1. The molecule has 1 aromatic carbocycles. The Labute approximate surface area is 123 Å². The molecule has 0 aliphatic carbocycles. The first-order chi connectivity index (χ1) is 10.2. The molecule has 0 amide bonds. The summed E-state index contributed by atoms with van der Waals surface area (Å²) in [6.07, 6.45) is 1.31. The molecule has 110 valence electrons. The lowest BCUT2D eigenvalue weighted by atomic mass is 10.1. The Morgan fingerprint density at radius 2 is 2.14 bits per heavy atom. The number of ether oxygens (including phenoxy) is 1. The molecule has 1 unspecified atom stereocenters. The van der Waals surface area contributed by atoms with Crippen molar-refractivity contribution in [1.29, 1.82) is 0 Å². The third-order valence-corrected chi connectivity index (χ3v) is 4.93. The molecule has 2 aromatic rings. The van der Waals surface area contributed by atoms with Gasteiger partial charge in [0.2, 0.25) is 9.84 Å². The summed E-state index contributed by atoms with van der Waals surface area (Å²) in [6.45, 7) is 2.11. The fraction of sp³-hybridized carbons (Fsp3) is 0.286. The molecule has 0 saturated carbocycles. The first-order valence-corrected chi connectivity index (χ1v) is 8.11. The first kappa shape index (κ1) is 14.1. The maximum absolute atomic E-state index is 12.5. The minimum atomic E-state index is -3.65. The van der Waals surface area contributed by atoms with Gasteiger partial charge in [-0.3, -0.25) is 0 Å². The summed E-state index contributed by atoms with van der Waals surface area (Å²) in [6, 6.07) is 9.78. The summed E-state index contributed by atoms with van der Waals surface area (Å²) in [5.41, 5.74) is 0.840. The average molecular weight is 305 g/mol. The standard InChI is InChI=1S/C14H15N3O3S/c18-21(19,14-5-2-6-16-17-14)12-4-1-3-11(9-12)13-10-15-7-8-20-13/h1-6,9,13,15H,7-8,10H2. The van der Waals surface area contributed by atoms with Gasteiger partial charge in [0.25, 0.3) is 0 Å². The quantitative estimate of drug-likeness (QED) is 0.910. The van der Waals surface area contributed by atoms with E-state index in [0.717, 1.165) is 12.1 Å². The van der Waals surface area contributed by atoms with Gasteiger partial charge < -0.3 is 10.1 Å². The summed E-state index contributed by atoms with van der Waals surface area (Å²) in [5, 5.41) is 10.5. The fourth-order valence-corrected chi connectivity index (χ4v) is 3.42. The Bertz CT molecular complexity index is 713. The van der Waals surface area contributed by atoms with Crippen LogP contribution in [-0.2, 0) is 14.6 Å². The molecule has 1 fully saturated rings. The van der Waals surface area contributed by atoms with Crippen molar-refractivity contribution in [2.24, 2.45) is 0 Å². The number of nitrogens with one attached hydrogen (secondary N) is 1. The minimum Gasteiger partial charge on any atom is -0.371 e. The van der Waals surface area contributed by atoms with Crippen molar-refractivity contribution in [3.8, 4) is 0 Å². The van der Waals surface area contributed by atoms with Crippen molar-refractivity contribution in [2.45, 2.75) is 16.0 Å². The summed E-state index contributed by atoms with van der Waals surface area (Å²) in [5.74, 6) is 0. The number of rotatable bonds is 3. The zero-order valence-corrected chi connectivity index (χ0v) is 12.1. The number of hydrogen-bond acceptors (Lipinski definition) is 6. The van der Waals surface area contributed by atoms with Gasteiger partial charge in [-0.05, 0) is 29.8 Å². The largest absolute Gasteiger partial charge is 0.371 e. The zero-order valence-electron chi connectivity index (χ0n) is 11.3. The monoisotopic (exact) mass is 305 g/mol. The Morgan fingerprint density at radius 3 is 2.86 bits per heavy atom. The highest BCUT2D eigenvalue weighted by atomic mass is 32.2. The van der Waals surface area contributed by atoms with Crippen molar-refractivity contribution in [1.82, 2.24) is 15.5 Å². The molecule has 1 aromatic heterocycles. The Balaban J connectivity index is 1.96. The van der Waals surface area contributed by atoms with Gasteiger partial charge in [0.05, 0.1) is 17.6 Å². The predicted octanol–water partition coefficient (Wildman–Crippen LogP) is 0.970. The maximum Gasteiger partial charge on any atom is 0.225 e. The molecular formula is C14H15N3O3S. The van der Waals surface area contributed by atoms with E-state index < -0.39 is 9.84 Å². The van der Waals surface area contributed by atoms with E-state index in [2.05, 4.69) is 15.5 Å². The van der Waals surface area contributed by atoms with Crippen LogP contribution in [0, 0.1) is 0 Å². The third-order valence-electron chi connectivity index (χ3n) is 3.29. The van der Waals surface area contributed by atoms with Gasteiger partial charge in [0, 0.05) is 19.3 Å². The van der Waals surface area contributed by atoms with Crippen LogP contribution < -0.4 is 5.32 Å². The van der Waals surface area contributed by atoms with Gasteiger partial charge in [-0.1, -0.05) is 12.1 Å². The lowest BCUT2D eigenvalue weighted by Gasteiger charge is -2.24. The van der Waals surface area contributed by atoms with Crippen molar-refractivity contribution in [2.75, 3.05) is 19.7 Å². The van der Waals surface area contributed by atoms with Crippen LogP contribution in [0.5, 0.6) is 0 Å². The Hall–Kier alpha value is -1.83. The van der Waals surface area contributed by atoms with Crippen LogP contribution in [0.4, 0.5) is 0 Å². The SMILES string of the molecule is O=S(=O)(c1cccc(C2CNCCO2)c1)c1cccnn1. The molecule has 0 spiro atoms. The first-order valence-electron chi connectivity index (χ1n) is 6.63. The minimum absolute atomic E-state index is 0.0511. The fourth-order valence-electron chi connectivity index (χ4n) is 2.21. The zero-order chi connectivity index (χ0) is 14.7. The van der Waals surface area contributed by atoms with Crippen LogP contribution in [0.15, 0.2) is 52.5 Å². The lowest BCUT2D eigenvalue weighted by molar-refractivity contribution is 0.0276. The molecule has 1 saturated heterocycles. The molecular weight excluding hydrogens is 290 g/mol. The molecule has 1 aliphatic rings. The van der Waals surface area contributed by atoms with Crippen molar-refractivity contribution >= 4 is 9.84 Å². The molecule has 3 rings (SSSR count). The highest BCUT2D eigenvalue weighted by Crippen LogP contribution is 2.24. The Morgan fingerprint density at radius 1 is 1.24 bits per heavy atom. The predicted molar refractivity (Wildman–Crippen MR) is 75.5 cm³/mol. The molecule has 1 atom stereocenters. The Kier molecular flexibility index (Phi) is 3.96. The number of hydrogen-bond donors (Lipinski definition) is 1. The van der Waals surface area contributed by atoms with Crippen molar-refractivity contribution in [3.63, 3.8) is 0 Å². The summed E-state index contributed by atoms with van der Waals surface area (Å²) >= 11 is 0. The van der Waals surface area contributed by atoms with E-state index in [9.17, 15) is 8.42 Å². The highest BCUT2D eigenvalue weighted by Gasteiger charge is 2.22. The third kappa shape index (κ3) is 2.94. The average Bonchev–Trinajstić information content (AvgIpc) is 2.57. The maximum atomic E-state index is 12.5. The van der Waals surface area contributed by atoms with Crippen LogP contribution in [0.3, 0.4) is 0 Å². The molecule has 7 heteroatoms. The van der Waals surface area contributed by atoms with Crippen LogP contribution in [0.2, 0.25) is 0 Å². The van der Waals surface area contributed by atoms with E-state index >= 15 is 0 Å². The van der Waals surface area contributed by atoms with E-state index in [1.54, 1.807) is 24.3 Å². The summed E-state index contributed by atoms with van der Waals surface area (Å²) in [7, 11) is -3.65. The number of morpholine rings is 1. The second-order valence-corrected chi connectivity index (χ2v) is 6.60. The molecule has 1 N–H and O–H groups in total. The van der Waals surface area contributed by atoms with Crippen LogP contribution in [0.25, 0.3) is 0 Å². The van der Waals surface area contributed by atoms with E-state index in [4.69, 9.17) is 4.74 Å². The van der Waals surface area contributed by atoms with Gasteiger partial charge >= 0.3 is 0 Å². The van der Waals surface area contributed by atoms with E-state index in [-0.39, 0.29) is 16.0 Å². The van der Waals surface area contributed by atoms with Crippen LogP contribution >= 0.6 is 0 Å². The summed E-state index contributed by atoms with van der Waals surface area (Å²) < 4.78 is 30.7. The van der Waals surface area contributed by atoms with Gasteiger partial charge in [0.15, 0.2) is 5.03 Å². The topological polar surface area (TPSA) is 81.2 Å². The van der Waals surface area contributed by atoms with Crippen molar-refractivity contribution in [3.05, 3.63) is 48.2 Å². The number of benzene rings is 1. The van der Waals surface area contributed by atoms with E-state index in [0.29, 0.717) is 13.2 Å². The van der Waals surface area contributed by atoms with E-state index in [1.807, 2.05) is 6.07 Å². The number of aromatic nitrogens is 2. The van der Waals surface area contributed by atoms with Crippen LogP contribution in [0.1, 0.15) is 11.7 Å². The molecule has 0 bridgehead atoms. The molecule has 21 heavy (non-hydrogen) atoms. The molecule has 0 radical (unpaired) electrons. The van der Waals surface area contributed by atoms with E-state index in [1.165, 1.54) is 12.3 Å². The van der Waals surface area contributed by atoms with Crippen molar-refractivity contribution < 1.29 is 13.2 Å². The molecule has 1 aliphatic heterocycles. The normalized spacial score (nSPS) is 19.3. The second-order valence-electron chi connectivity index (χ2n) is 4.70. The highest BCUT2D eigenvalue weighted by molar-refractivity contribution is 7.91. The smallest absolute Gasteiger partial charge is 0.225 e.